The van der Waals surface area contributed by atoms with Crippen LogP contribution in [0.25, 0.3) is 10.8 Å². The van der Waals surface area contributed by atoms with Crippen molar-refractivity contribution in [2.75, 3.05) is 31.0 Å². The molecule has 0 amide bonds. The maximum Gasteiger partial charge on any atom is 0.136 e. The number of halogens is 1. The molecule has 112 valence electrons. The summed E-state index contributed by atoms with van der Waals surface area (Å²) in [6.07, 6.45) is 2.01. The van der Waals surface area contributed by atoms with Gasteiger partial charge >= 0.3 is 0 Å². The lowest BCUT2D eigenvalue weighted by atomic mass is 10.1. The standard InChI is InChI=1S/C16H19ClN2O2/c1-11-9-19(10-12(8-17)21-11)16-14-4-3-5-15(20-2)13(14)6-7-18-16/h3-7,11-12H,8-10H2,1-2H3. The second kappa shape index (κ2) is 6.08. The zero-order valence-electron chi connectivity index (χ0n) is 12.3. The summed E-state index contributed by atoms with van der Waals surface area (Å²) in [6.45, 7) is 3.64. The zero-order chi connectivity index (χ0) is 14.8. The van der Waals surface area contributed by atoms with Crippen LogP contribution >= 0.6 is 11.6 Å². The van der Waals surface area contributed by atoms with Crippen molar-refractivity contribution in [2.24, 2.45) is 0 Å². The minimum absolute atomic E-state index is 0.0399. The first-order valence-electron chi connectivity index (χ1n) is 7.11. The maximum absolute atomic E-state index is 5.97. The third-order valence-corrected chi connectivity index (χ3v) is 4.11. The number of aromatic nitrogens is 1. The number of benzene rings is 1. The maximum atomic E-state index is 5.97. The number of ether oxygens (including phenoxy) is 2. The van der Waals surface area contributed by atoms with Gasteiger partial charge in [-0.2, -0.15) is 0 Å². The van der Waals surface area contributed by atoms with E-state index in [9.17, 15) is 0 Å². The number of fused-ring (bicyclic) bond motifs is 1. The molecule has 5 heteroatoms. The van der Waals surface area contributed by atoms with Crippen LogP contribution in [0.3, 0.4) is 0 Å². The van der Waals surface area contributed by atoms with Crippen molar-refractivity contribution >= 4 is 28.2 Å². The highest BCUT2D eigenvalue weighted by Gasteiger charge is 2.26. The van der Waals surface area contributed by atoms with Crippen molar-refractivity contribution in [3.05, 3.63) is 30.5 Å². The van der Waals surface area contributed by atoms with Crippen LogP contribution in [0.1, 0.15) is 6.92 Å². The Bertz CT molecular complexity index is 635. The van der Waals surface area contributed by atoms with Crippen LogP contribution in [0.5, 0.6) is 5.75 Å². The number of alkyl halides is 1. The Morgan fingerprint density at radius 3 is 2.95 bits per heavy atom. The van der Waals surface area contributed by atoms with Gasteiger partial charge in [0.05, 0.1) is 25.2 Å². The van der Waals surface area contributed by atoms with Gasteiger partial charge in [0, 0.05) is 30.1 Å². The molecule has 1 fully saturated rings. The van der Waals surface area contributed by atoms with Gasteiger partial charge in [-0.25, -0.2) is 4.98 Å². The predicted octanol–water partition coefficient (Wildman–Crippen LogP) is 3.08. The van der Waals surface area contributed by atoms with E-state index in [1.807, 2.05) is 24.4 Å². The third kappa shape index (κ3) is 2.78. The first-order chi connectivity index (χ1) is 10.2. The molecule has 1 aromatic heterocycles. The summed E-state index contributed by atoms with van der Waals surface area (Å²) in [5.41, 5.74) is 0. The minimum Gasteiger partial charge on any atom is -0.496 e. The first kappa shape index (κ1) is 14.4. The normalized spacial score (nSPS) is 22.5. The van der Waals surface area contributed by atoms with Crippen LogP contribution in [0, 0.1) is 0 Å². The Balaban J connectivity index is 2.04. The number of morpholine rings is 1. The van der Waals surface area contributed by atoms with Gasteiger partial charge in [-0.05, 0) is 19.1 Å². The summed E-state index contributed by atoms with van der Waals surface area (Å²) in [7, 11) is 1.69. The molecule has 1 aliphatic heterocycles. The molecule has 0 radical (unpaired) electrons. The molecule has 4 nitrogen and oxygen atoms in total. The van der Waals surface area contributed by atoms with Crippen molar-refractivity contribution in [3.63, 3.8) is 0 Å². The van der Waals surface area contributed by atoms with E-state index in [2.05, 4.69) is 22.9 Å². The molecule has 2 heterocycles. The van der Waals surface area contributed by atoms with Crippen LogP contribution in [-0.4, -0.2) is 43.3 Å². The lowest BCUT2D eigenvalue weighted by Gasteiger charge is -2.37. The second-order valence-corrected chi connectivity index (χ2v) is 5.63. The molecule has 0 spiro atoms. The molecule has 0 N–H and O–H groups in total. The summed E-state index contributed by atoms with van der Waals surface area (Å²) in [6, 6.07) is 8.03. The van der Waals surface area contributed by atoms with Crippen molar-refractivity contribution in [3.8, 4) is 5.75 Å². The fourth-order valence-corrected chi connectivity index (χ4v) is 3.07. The van der Waals surface area contributed by atoms with Gasteiger partial charge in [-0.15, -0.1) is 11.6 Å². The Hall–Kier alpha value is -1.52. The Morgan fingerprint density at radius 1 is 1.33 bits per heavy atom. The molecule has 0 bridgehead atoms. The van der Waals surface area contributed by atoms with Gasteiger partial charge in [-0.1, -0.05) is 12.1 Å². The van der Waals surface area contributed by atoms with E-state index >= 15 is 0 Å². The monoisotopic (exact) mass is 306 g/mol. The highest BCUT2D eigenvalue weighted by atomic mass is 35.5. The molecule has 0 saturated carbocycles. The summed E-state index contributed by atoms with van der Waals surface area (Å²) >= 11 is 5.97. The van der Waals surface area contributed by atoms with Gasteiger partial charge in [0.1, 0.15) is 11.6 Å². The molecule has 1 saturated heterocycles. The minimum atomic E-state index is 0.0399. The largest absolute Gasteiger partial charge is 0.496 e. The number of rotatable bonds is 3. The van der Waals surface area contributed by atoms with Crippen LogP contribution in [0.15, 0.2) is 30.5 Å². The highest BCUT2D eigenvalue weighted by molar-refractivity contribution is 6.18. The third-order valence-electron chi connectivity index (χ3n) is 3.76. The van der Waals surface area contributed by atoms with Crippen LogP contribution in [0.4, 0.5) is 5.82 Å². The molecule has 21 heavy (non-hydrogen) atoms. The Kier molecular flexibility index (Phi) is 4.17. The molecule has 2 unspecified atom stereocenters. The van der Waals surface area contributed by atoms with Crippen molar-refractivity contribution in [1.29, 1.82) is 0 Å². The smallest absolute Gasteiger partial charge is 0.136 e. The number of pyridine rings is 1. The average molecular weight is 307 g/mol. The molecule has 2 aromatic rings. The molecule has 1 aromatic carbocycles. The van der Waals surface area contributed by atoms with E-state index in [4.69, 9.17) is 21.1 Å². The van der Waals surface area contributed by atoms with Gasteiger partial charge < -0.3 is 14.4 Å². The number of hydrogen-bond donors (Lipinski definition) is 0. The predicted molar refractivity (Wildman–Crippen MR) is 85.6 cm³/mol. The van der Waals surface area contributed by atoms with E-state index in [-0.39, 0.29) is 12.2 Å². The number of anilines is 1. The van der Waals surface area contributed by atoms with Crippen LogP contribution < -0.4 is 9.64 Å². The second-order valence-electron chi connectivity index (χ2n) is 5.32. The Morgan fingerprint density at radius 2 is 2.19 bits per heavy atom. The number of nitrogens with zero attached hydrogens (tertiary/aromatic N) is 2. The lowest BCUT2D eigenvalue weighted by Crippen LogP contribution is -2.47. The molecule has 1 aliphatic rings. The SMILES string of the molecule is COc1cccc2c(N3CC(C)OC(CCl)C3)nccc12. The van der Waals surface area contributed by atoms with E-state index in [0.29, 0.717) is 5.88 Å². The summed E-state index contributed by atoms with van der Waals surface area (Å²) in [5, 5.41) is 2.17. The van der Waals surface area contributed by atoms with E-state index in [1.165, 1.54) is 0 Å². The zero-order valence-corrected chi connectivity index (χ0v) is 13.0. The molecular formula is C16H19ClN2O2. The molecule has 2 atom stereocenters. The van der Waals surface area contributed by atoms with Gasteiger partial charge in [0.25, 0.3) is 0 Å². The van der Waals surface area contributed by atoms with Crippen molar-refractivity contribution < 1.29 is 9.47 Å². The molecule has 3 rings (SSSR count). The first-order valence-corrected chi connectivity index (χ1v) is 7.64. The summed E-state index contributed by atoms with van der Waals surface area (Å²) in [4.78, 5) is 6.83. The van der Waals surface area contributed by atoms with E-state index in [0.717, 1.165) is 35.4 Å². The fraction of sp³-hybridized carbons (Fsp3) is 0.438. The van der Waals surface area contributed by atoms with E-state index in [1.54, 1.807) is 7.11 Å². The van der Waals surface area contributed by atoms with Gasteiger partial charge in [0.2, 0.25) is 0 Å². The van der Waals surface area contributed by atoms with Gasteiger partial charge in [-0.3, -0.25) is 0 Å². The average Bonchev–Trinajstić information content (AvgIpc) is 2.53. The fourth-order valence-electron chi connectivity index (χ4n) is 2.90. The summed E-state index contributed by atoms with van der Waals surface area (Å²) < 4.78 is 11.3. The van der Waals surface area contributed by atoms with Crippen LogP contribution in [0.2, 0.25) is 0 Å². The van der Waals surface area contributed by atoms with Gasteiger partial charge in [0.15, 0.2) is 0 Å². The molecular weight excluding hydrogens is 288 g/mol. The number of methoxy groups -OCH3 is 1. The van der Waals surface area contributed by atoms with Crippen LogP contribution in [-0.2, 0) is 4.74 Å². The van der Waals surface area contributed by atoms with Crippen molar-refractivity contribution in [1.82, 2.24) is 4.98 Å². The molecule has 0 aliphatic carbocycles. The Labute approximate surface area is 129 Å². The highest BCUT2D eigenvalue weighted by Crippen LogP contribution is 2.32. The lowest BCUT2D eigenvalue weighted by molar-refractivity contribution is -0.00347. The summed E-state index contributed by atoms with van der Waals surface area (Å²) in [5.74, 6) is 2.33. The van der Waals surface area contributed by atoms with E-state index < -0.39 is 0 Å². The topological polar surface area (TPSA) is 34.6 Å². The quantitative estimate of drug-likeness (QED) is 0.816. The number of hydrogen-bond acceptors (Lipinski definition) is 4. The van der Waals surface area contributed by atoms with Crippen molar-refractivity contribution in [2.45, 2.75) is 19.1 Å².